The van der Waals surface area contributed by atoms with E-state index in [1.807, 2.05) is 6.07 Å². The molecule has 2 unspecified atom stereocenters. The van der Waals surface area contributed by atoms with Crippen LogP contribution < -0.4 is 20.3 Å². The standard InChI is InChI=1S/C25H28FN3O7/c1-25(2,32)19-13-34-16(11-35-19)12-36-21-17(26)7-8-18-20(21)23(30)29-22(28-18)24(31)27-10-14-5-4-6-15(9-14)33-3/h4-9,16,19,32H,10-13H2,1-3H3,(H,27,31)(H,28,29,30). The molecule has 192 valence electrons. The summed E-state index contributed by atoms with van der Waals surface area (Å²) < 4.78 is 36.6. The van der Waals surface area contributed by atoms with Gasteiger partial charge in [-0.25, -0.2) is 9.37 Å². The lowest BCUT2D eigenvalue weighted by Crippen LogP contribution is -2.49. The lowest BCUT2D eigenvalue weighted by molar-refractivity contribution is -0.194. The average Bonchev–Trinajstić information content (AvgIpc) is 2.86. The highest BCUT2D eigenvalue weighted by molar-refractivity contribution is 5.93. The van der Waals surface area contributed by atoms with Crippen molar-refractivity contribution in [3.63, 3.8) is 0 Å². The van der Waals surface area contributed by atoms with Gasteiger partial charge in [-0.15, -0.1) is 0 Å². The van der Waals surface area contributed by atoms with E-state index in [2.05, 4.69) is 15.3 Å². The molecule has 0 saturated carbocycles. The third-order valence-corrected chi connectivity index (χ3v) is 5.75. The number of amides is 1. The highest BCUT2D eigenvalue weighted by Crippen LogP contribution is 2.26. The van der Waals surface area contributed by atoms with Gasteiger partial charge in [0.2, 0.25) is 0 Å². The first-order valence-corrected chi connectivity index (χ1v) is 11.4. The van der Waals surface area contributed by atoms with Crippen molar-refractivity contribution < 1.29 is 33.2 Å². The van der Waals surface area contributed by atoms with E-state index in [9.17, 15) is 19.1 Å². The number of nitrogens with one attached hydrogen (secondary N) is 2. The average molecular weight is 502 g/mol. The third kappa shape index (κ3) is 5.81. The molecule has 0 spiro atoms. The van der Waals surface area contributed by atoms with E-state index in [0.29, 0.717) is 5.75 Å². The molecule has 11 heteroatoms. The number of fused-ring (bicyclic) bond motifs is 1. The Labute approximate surface area is 206 Å². The maximum Gasteiger partial charge on any atom is 0.287 e. The number of rotatable bonds is 8. The molecule has 10 nitrogen and oxygen atoms in total. The normalized spacial score (nSPS) is 18.1. The first-order chi connectivity index (χ1) is 17.2. The van der Waals surface area contributed by atoms with Crippen molar-refractivity contribution in [2.24, 2.45) is 0 Å². The number of aromatic amines is 1. The fraction of sp³-hybridized carbons (Fsp3) is 0.400. The zero-order valence-electron chi connectivity index (χ0n) is 20.2. The van der Waals surface area contributed by atoms with Crippen LogP contribution in [0.25, 0.3) is 10.9 Å². The van der Waals surface area contributed by atoms with Gasteiger partial charge < -0.3 is 34.4 Å². The summed E-state index contributed by atoms with van der Waals surface area (Å²) in [7, 11) is 1.55. The van der Waals surface area contributed by atoms with Crippen LogP contribution in [-0.4, -0.2) is 65.7 Å². The van der Waals surface area contributed by atoms with Gasteiger partial charge in [0.15, 0.2) is 17.4 Å². The predicted molar refractivity (Wildman–Crippen MR) is 128 cm³/mol. The molecule has 1 saturated heterocycles. The Hall–Kier alpha value is -3.54. The number of carbonyl (C=O) groups is 1. The first-order valence-electron chi connectivity index (χ1n) is 11.4. The Balaban J connectivity index is 1.46. The maximum atomic E-state index is 14.6. The zero-order chi connectivity index (χ0) is 25.9. The second-order valence-electron chi connectivity index (χ2n) is 8.96. The Morgan fingerprint density at radius 1 is 1.28 bits per heavy atom. The van der Waals surface area contributed by atoms with Crippen molar-refractivity contribution in [3.05, 3.63) is 64.0 Å². The summed E-state index contributed by atoms with van der Waals surface area (Å²) in [6, 6.07) is 9.59. The van der Waals surface area contributed by atoms with E-state index in [1.165, 1.54) is 6.07 Å². The van der Waals surface area contributed by atoms with Gasteiger partial charge in [-0.1, -0.05) is 12.1 Å². The topological polar surface area (TPSA) is 132 Å². The SMILES string of the molecule is COc1cccc(CNC(=O)c2nc3ccc(F)c(OCC4COC(C(C)(C)O)CO4)c3c(=O)[nH]2)c1. The minimum absolute atomic E-state index is 0.0865. The highest BCUT2D eigenvalue weighted by atomic mass is 19.1. The zero-order valence-corrected chi connectivity index (χ0v) is 20.2. The maximum absolute atomic E-state index is 14.6. The van der Waals surface area contributed by atoms with Gasteiger partial charge in [-0.3, -0.25) is 9.59 Å². The highest BCUT2D eigenvalue weighted by Gasteiger charge is 2.33. The fourth-order valence-electron chi connectivity index (χ4n) is 3.70. The number of carbonyl (C=O) groups excluding carboxylic acids is 1. The number of hydrogen-bond acceptors (Lipinski definition) is 8. The second kappa shape index (κ2) is 10.6. The molecule has 1 fully saturated rings. The van der Waals surface area contributed by atoms with Crippen LogP contribution in [0, 0.1) is 5.82 Å². The van der Waals surface area contributed by atoms with Gasteiger partial charge in [-0.2, -0.15) is 0 Å². The quantitative estimate of drug-likeness (QED) is 0.427. The molecule has 0 aliphatic carbocycles. The molecule has 1 aliphatic rings. The van der Waals surface area contributed by atoms with Gasteiger partial charge in [0.05, 0.1) is 31.4 Å². The molecule has 3 aromatic rings. The Bertz CT molecular complexity index is 1300. The molecule has 4 rings (SSSR count). The second-order valence-corrected chi connectivity index (χ2v) is 8.96. The lowest BCUT2D eigenvalue weighted by Gasteiger charge is -2.35. The molecule has 36 heavy (non-hydrogen) atoms. The Morgan fingerprint density at radius 2 is 2.08 bits per heavy atom. The molecule has 1 aromatic heterocycles. The van der Waals surface area contributed by atoms with Crippen molar-refractivity contribution in [2.75, 3.05) is 26.9 Å². The van der Waals surface area contributed by atoms with Crippen molar-refractivity contribution in [3.8, 4) is 11.5 Å². The number of hydrogen-bond donors (Lipinski definition) is 3. The fourth-order valence-corrected chi connectivity index (χ4v) is 3.70. The smallest absolute Gasteiger partial charge is 0.287 e. The summed E-state index contributed by atoms with van der Waals surface area (Å²) in [6.45, 7) is 3.62. The van der Waals surface area contributed by atoms with Crippen LogP contribution in [0.2, 0.25) is 0 Å². The van der Waals surface area contributed by atoms with E-state index < -0.39 is 35.1 Å². The molecular weight excluding hydrogens is 473 g/mol. The Kier molecular flexibility index (Phi) is 7.53. The summed E-state index contributed by atoms with van der Waals surface area (Å²) >= 11 is 0. The number of halogens is 1. The number of aromatic nitrogens is 2. The van der Waals surface area contributed by atoms with Gasteiger partial charge in [0, 0.05) is 6.54 Å². The predicted octanol–water partition coefficient (Wildman–Crippen LogP) is 1.93. The van der Waals surface area contributed by atoms with Crippen LogP contribution in [-0.2, 0) is 16.0 Å². The third-order valence-electron chi connectivity index (χ3n) is 5.75. The minimum Gasteiger partial charge on any atom is -0.497 e. The molecule has 1 aliphatic heterocycles. The molecule has 1 amide bonds. The van der Waals surface area contributed by atoms with E-state index >= 15 is 0 Å². The van der Waals surface area contributed by atoms with Crippen LogP contribution in [0.1, 0.15) is 30.0 Å². The van der Waals surface area contributed by atoms with Crippen molar-refractivity contribution in [1.82, 2.24) is 15.3 Å². The number of ether oxygens (including phenoxy) is 4. The van der Waals surface area contributed by atoms with Crippen LogP contribution in [0.15, 0.2) is 41.2 Å². The Morgan fingerprint density at radius 3 is 2.78 bits per heavy atom. The first kappa shape index (κ1) is 25.5. The van der Waals surface area contributed by atoms with Gasteiger partial charge in [0.1, 0.15) is 30.0 Å². The van der Waals surface area contributed by atoms with Crippen LogP contribution in [0.4, 0.5) is 4.39 Å². The van der Waals surface area contributed by atoms with Crippen LogP contribution in [0.5, 0.6) is 11.5 Å². The van der Waals surface area contributed by atoms with E-state index in [-0.39, 0.29) is 48.8 Å². The van der Waals surface area contributed by atoms with Crippen molar-refractivity contribution >= 4 is 16.8 Å². The molecule has 2 atom stereocenters. The van der Waals surface area contributed by atoms with Crippen molar-refractivity contribution in [2.45, 2.75) is 38.2 Å². The van der Waals surface area contributed by atoms with Crippen LogP contribution in [0.3, 0.4) is 0 Å². The summed E-state index contributed by atoms with van der Waals surface area (Å²) in [5.41, 5.74) is -0.885. The van der Waals surface area contributed by atoms with Gasteiger partial charge in [0.25, 0.3) is 11.5 Å². The van der Waals surface area contributed by atoms with E-state index in [4.69, 9.17) is 18.9 Å². The number of benzene rings is 2. The molecule has 3 N–H and O–H groups in total. The number of H-pyrrole nitrogens is 1. The lowest BCUT2D eigenvalue weighted by atomic mass is 10.0. The van der Waals surface area contributed by atoms with E-state index in [1.54, 1.807) is 39.2 Å². The number of nitrogens with zero attached hydrogens (tertiary/aromatic N) is 1. The number of aliphatic hydroxyl groups is 1. The summed E-state index contributed by atoms with van der Waals surface area (Å²) in [4.78, 5) is 32.0. The number of methoxy groups -OCH3 is 1. The summed E-state index contributed by atoms with van der Waals surface area (Å²) in [6.07, 6.45) is -1.02. The largest absolute Gasteiger partial charge is 0.497 e. The monoisotopic (exact) mass is 501 g/mol. The molecule has 0 radical (unpaired) electrons. The summed E-state index contributed by atoms with van der Waals surface area (Å²) in [5.74, 6) is -1.21. The van der Waals surface area contributed by atoms with Gasteiger partial charge in [-0.05, 0) is 43.7 Å². The van der Waals surface area contributed by atoms with E-state index in [0.717, 1.165) is 11.6 Å². The minimum atomic E-state index is -1.06. The van der Waals surface area contributed by atoms with Crippen molar-refractivity contribution in [1.29, 1.82) is 0 Å². The molecule has 0 bridgehead atoms. The van der Waals surface area contributed by atoms with Crippen LogP contribution >= 0.6 is 0 Å². The molecule has 2 heterocycles. The summed E-state index contributed by atoms with van der Waals surface area (Å²) in [5, 5.41) is 12.6. The molecule has 2 aromatic carbocycles. The molecular formula is C25H28FN3O7. The van der Waals surface area contributed by atoms with Gasteiger partial charge >= 0.3 is 0 Å².